The van der Waals surface area contributed by atoms with Gasteiger partial charge in [-0.1, -0.05) is 58.4 Å². The Morgan fingerprint density at radius 3 is 2.75 bits per heavy atom. The fourth-order valence-corrected chi connectivity index (χ4v) is 5.18. The smallest absolute Gasteiger partial charge is 0.163 e. The number of fused-ring (bicyclic) bond motifs is 5. The molecule has 3 aromatic carbocycles. The quantitative estimate of drug-likeness (QED) is 0.385. The Balaban J connectivity index is 1.53. The molecule has 3 heterocycles. The molecule has 5 aromatic rings. The van der Waals surface area contributed by atoms with Crippen LogP contribution in [0.5, 0.6) is 0 Å². The molecule has 0 unspecified atom stereocenters. The second-order valence-electron chi connectivity index (χ2n) is 8.50. The van der Waals surface area contributed by atoms with Crippen molar-refractivity contribution in [3.05, 3.63) is 94.0 Å². The molecule has 0 fully saturated rings. The van der Waals surface area contributed by atoms with Crippen LogP contribution in [-0.4, -0.2) is 27.5 Å². The molecule has 1 aliphatic rings. The summed E-state index contributed by atoms with van der Waals surface area (Å²) in [7, 11) is 2.21. The maximum Gasteiger partial charge on any atom is 0.163 e. The van der Waals surface area contributed by atoms with Crippen molar-refractivity contribution in [3.8, 4) is 0 Å². The minimum absolute atomic E-state index is 0.678. The molecule has 0 atom stereocenters. The van der Waals surface area contributed by atoms with Crippen molar-refractivity contribution in [2.24, 2.45) is 5.10 Å². The van der Waals surface area contributed by atoms with Crippen LogP contribution >= 0.6 is 15.9 Å². The van der Waals surface area contributed by atoms with Gasteiger partial charge in [0.1, 0.15) is 6.67 Å². The van der Waals surface area contributed by atoms with Crippen molar-refractivity contribution < 1.29 is 0 Å². The Bertz CT molecular complexity index is 1530. The van der Waals surface area contributed by atoms with Gasteiger partial charge in [0.25, 0.3) is 0 Å². The third-order valence-electron chi connectivity index (χ3n) is 6.34. The number of halogens is 1. The van der Waals surface area contributed by atoms with Crippen LogP contribution < -0.4 is 10.9 Å². The summed E-state index contributed by atoms with van der Waals surface area (Å²) in [6, 6.07) is 26.1. The lowest BCUT2D eigenvalue weighted by atomic mass is 10.1. The van der Waals surface area contributed by atoms with Crippen LogP contribution in [0.4, 0.5) is 0 Å². The molecule has 0 radical (unpaired) electrons. The largest absolute Gasteiger partial charge is 0.309 e. The summed E-state index contributed by atoms with van der Waals surface area (Å²) in [4.78, 5) is 2.41. The molecule has 160 valence electrons. The summed E-state index contributed by atoms with van der Waals surface area (Å²) < 4.78 is 5.78. The molecular weight excluding hydrogens is 462 g/mol. The Labute approximate surface area is 194 Å². The zero-order valence-corrected chi connectivity index (χ0v) is 19.5. The first-order valence-electron chi connectivity index (χ1n) is 10.9. The van der Waals surface area contributed by atoms with Gasteiger partial charge in [0.15, 0.2) is 5.49 Å². The van der Waals surface area contributed by atoms with Gasteiger partial charge in [0.05, 0.1) is 16.6 Å². The van der Waals surface area contributed by atoms with E-state index in [1.165, 1.54) is 33.2 Å². The Kier molecular flexibility index (Phi) is 4.77. The van der Waals surface area contributed by atoms with Crippen LogP contribution in [-0.2, 0) is 19.6 Å². The maximum absolute atomic E-state index is 4.65. The fourth-order valence-electron chi connectivity index (χ4n) is 4.83. The lowest BCUT2D eigenvalue weighted by Crippen LogP contribution is -2.21. The van der Waals surface area contributed by atoms with Crippen molar-refractivity contribution >= 4 is 43.3 Å². The molecule has 0 spiro atoms. The highest BCUT2D eigenvalue weighted by Crippen LogP contribution is 2.29. The van der Waals surface area contributed by atoms with Gasteiger partial charge in [-0.2, -0.15) is 5.10 Å². The topological polar surface area (TPSA) is 37.0 Å². The molecule has 2 aromatic heterocycles. The van der Waals surface area contributed by atoms with Crippen LogP contribution in [0.1, 0.15) is 11.3 Å². The molecule has 6 heteroatoms. The van der Waals surface area contributed by atoms with E-state index in [2.05, 4.69) is 120 Å². The SMILES string of the molecule is CN(CCc1ccccc1)Cc1cc2cccc3c4n(c5ccc(Br)cc5n1c23)CNN=4. The molecule has 0 aliphatic carbocycles. The first kappa shape index (κ1) is 19.6. The van der Waals surface area contributed by atoms with Crippen LogP contribution in [0, 0.1) is 0 Å². The first-order chi connectivity index (χ1) is 15.7. The van der Waals surface area contributed by atoms with Crippen molar-refractivity contribution in [2.45, 2.75) is 19.6 Å². The van der Waals surface area contributed by atoms with E-state index in [-0.39, 0.29) is 0 Å². The summed E-state index contributed by atoms with van der Waals surface area (Å²) in [5.74, 6) is 0. The Morgan fingerprint density at radius 1 is 1.00 bits per heavy atom. The summed E-state index contributed by atoms with van der Waals surface area (Å²) >= 11 is 3.70. The second kappa shape index (κ2) is 7.80. The molecule has 32 heavy (non-hydrogen) atoms. The highest BCUT2D eigenvalue weighted by Gasteiger charge is 2.17. The van der Waals surface area contributed by atoms with Gasteiger partial charge in [-0.15, -0.1) is 0 Å². The van der Waals surface area contributed by atoms with Crippen LogP contribution in [0.2, 0.25) is 0 Å². The van der Waals surface area contributed by atoms with Crippen molar-refractivity contribution in [3.63, 3.8) is 0 Å². The lowest BCUT2D eigenvalue weighted by molar-refractivity contribution is 0.327. The van der Waals surface area contributed by atoms with Crippen molar-refractivity contribution in [1.29, 1.82) is 0 Å². The van der Waals surface area contributed by atoms with Gasteiger partial charge < -0.3 is 13.9 Å². The van der Waals surface area contributed by atoms with Crippen molar-refractivity contribution in [2.75, 3.05) is 13.6 Å². The van der Waals surface area contributed by atoms with Crippen LogP contribution in [0.15, 0.2) is 82.4 Å². The van der Waals surface area contributed by atoms with E-state index in [0.29, 0.717) is 6.67 Å². The summed E-state index contributed by atoms with van der Waals surface area (Å²) in [5.41, 5.74) is 10.4. The minimum Gasteiger partial charge on any atom is -0.309 e. The number of likely N-dealkylation sites (N-methyl/N-ethyl adjacent to an activating group) is 1. The molecule has 1 N–H and O–H groups in total. The molecule has 0 saturated heterocycles. The molecule has 0 amide bonds. The number of hydrogen-bond acceptors (Lipinski definition) is 3. The number of rotatable bonds is 5. The normalized spacial score (nSPS) is 13.1. The van der Waals surface area contributed by atoms with E-state index in [0.717, 1.165) is 34.9 Å². The number of benzene rings is 3. The van der Waals surface area contributed by atoms with E-state index in [1.54, 1.807) is 0 Å². The van der Waals surface area contributed by atoms with Gasteiger partial charge >= 0.3 is 0 Å². The zero-order valence-electron chi connectivity index (χ0n) is 17.9. The van der Waals surface area contributed by atoms with Gasteiger partial charge in [0, 0.05) is 34.0 Å². The summed E-state index contributed by atoms with van der Waals surface area (Å²) in [6.07, 6.45) is 1.04. The molecule has 5 nitrogen and oxygen atoms in total. The second-order valence-corrected chi connectivity index (χ2v) is 9.42. The lowest BCUT2D eigenvalue weighted by Gasteiger charge is -2.17. The molecule has 6 rings (SSSR count). The molecular formula is C26H24BrN5. The van der Waals surface area contributed by atoms with E-state index in [4.69, 9.17) is 0 Å². The van der Waals surface area contributed by atoms with Crippen molar-refractivity contribution in [1.82, 2.24) is 19.3 Å². The number of hydrogen-bond donors (Lipinski definition) is 1. The standard InChI is InChI=1S/C26H24BrN5/c1-30(13-12-18-6-3-2-4-7-18)16-21-14-19-8-5-9-22-25(19)32(21)24-15-20(27)10-11-23(24)31-17-28-29-26(22)31/h2-11,14-15,28H,12-13,16-17H2,1H3. The van der Waals surface area contributed by atoms with E-state index < -0.39 is 0 Å². The van der Waals surface area contributed by atoms with E-state index >= 15 is 0 Å². The number of para-hydroxylation sites is 1. The maximum atomic E-state index is 4.65. The predicted octanol–water partition coefficient (Wildman–Crippen LogP) is 4.86. The van der Waals surface area contributed by atoms with Gasteiger partial charge in [-0.05, 0) is 49.4 Å². The highest BCUT2D eigenvalue weighted by molar-refractivity contribution is 9.10. The molecule has 0 saturated carbocycles. The third-order valence-corrected chi connectivity index (χ3v) is 6.83. The van der Waals surface area contributed by atoms with Gasteiger partial charge in [-0.25, -0.2) is 0 Å². The van der Waals surface area contributed by atoms with Gasteiger partial charge in [0.2, 0.25) is 0 Å². The van der Waals surface area contributed by atoms with Gasteiger partial charge in [-0.3, -0.25) is 5.43 Å². The Hall–Kier alpha value is -3.09. The van der Waals surface area contributed by atoms with Crippen LogP contribution in [0.25, 0.3) is 27.3 Å². The Morgan fingerprint density at radius 2 is 1.88 bits per heavy atom. The number of nitrogens with zero attached hydrogens (tertiary/aromatic N) is 4. The monoisotopic (exact) mass is 485 g/mol. The van der Waals surface area contributed by atoms with E-state index in [1.807, 2.05) is 0 Å². The average Bonchev–Trinajstić information content (AvgIpc) is 3.40. The summed E-state index contributed by atoms with van der Waals surface area (Å²) in [5, 5.41) is 7.06. The third kappa shape index (κ3) is 3.22. The predicted molar refractivity (Wildman–Crippen MR) is 133 cm³/mol. The summed E-state index contributed by atoms with van der Waals surface area (Å²) in [6.45, 7) is 2.56. The highest BCUT2D eigenvalue weighted by atomic mass is 79.9. The minimum atomic E-state index is 0.678. The average molecular weight is 486 g/mol. The van der Waals surface area contributed by atoms with Crippen LogP contribution in [0.3, 0.4) is 0 Å². The van der Waals surface area contributed by atoms with E-state index in [9.17, 15) is 0 Å². The number of nitrogens with one attached hydrogen (secondary N) is 1. The molecule has 0 bridgehead atoms. The zero-order chi connectivity index (χ0) is 21.7. The fraction of sp³-hybridized carbons (Fsp3) is 0.192. The number of aromatic nitrogens is 2. The molecule has 1 aliphatic heterocycles. The first-order valence-corrected chi connectivity index (χ1v) is 11.7.